The minimum Gasteiger partial charge on any atom is -0.507 e. The number of phenolic OH excluding ortho intramolecular Hbond substituents is 1. The first-order valence-electron chi connectivity index (χ1n) is 6.18. The van der Waals surface area contributed by atoms with Gasteiger partial charge in [0.25, 0.3) is 0 Å². The molecule has 0 aromatic heterocycles. The summed E-state index contributed by atoms with van der Waals surface area (Å²) in [5, 5.41) is 12.2. The molecule has 2 aromatic carbocycles. The normalized spacial score (nSPS) is 10.1. The molecule has 0 unspecified atom stereocenters. The van der Waals surface area contributed by atoms with Gasteiger partial charge in [0, 0.05) is 12.6 Å². The van der Waals surface area contributed by atoms with Gasteiger partial charge in [0.15, 0.2) is 6.29 Å². The highest BCUT2D eigenvalue weighted by atomic mass is 16.3. The van der Waals surface area contributed by atoms with Crippen LogP contribution in [0.2, 0.25) is 0 Å². The monoisotopic (exact) mass is 269 g/mol. The molecule has 2 aromatic rings. The summed E-state index contributed by atoms with van der Waals surface area (Å²) in [6, 6.07) is 10.4. The van der Waals surface area contributed by atoms with Crippen molar-refractivity contribution < 1.29 is 14.7 Å². The number of carbonyl (C=O) groups excluding carboxylic acids is 2. The molecule has 0 atom stereocenters. The first kappa shape index (κ1) is 13.8. The number of anilines is 1. The Bertz CT molecular complexity index is 677. The quantitative estimate of drug-likeness (QED) is 0.841. The van der Waals surface area contributed by atoms with Crippen molar-refractivity contribution in [2.75, 3.05) is 5.32 Å². The molecule has 0 aliphatic rings. The van der Waals surface area contributed by atoms with Gasteiger partial charge in [0.1, 0.15) is 5.75 Å². The zero-order valence-electron chi connectivity index (χ0n) is 11.3. The predicted molar refractivity (Wildman–Crippen MR) is 78.0 cm³/mol. The molecule has 0 spiro atoms. The lowest BCUT2D eigenvalue weighted by Gasteiger charge is -2.10. The van der Waals surface area contributed by atoms with E-state index in [1.165, 1.54) is 13.0 Å². The molecule has 2 rings (SSSR count). The SMILES string of the molecule is CC(=O)Nc1ccc(-c2ccc(O)c(C=O)c2)c(C)c1. The lowest BCUT2D eigenvalue weighted by molar-refractivity contribution is -0.114. The third-order valence-electron chi connectivity index (χ3n) is 3.01. The van der Waals surface area contributed by atoms with Crippen molar-refractivity contribution in [1.82, 2.24) is 0 Å². The zero-order valence-corrected chi connectivity index (χ0v) is 11.3. The van der Waals surface area contributed by atoms with Crippen LogP contribution in [0, 0.1) is 6.92 Å². The maximum Gasteiger partial charge on any atom is 0.221 e. The third-order valence-corrected chi connectivity index (χ3v) is 3.01. The molecule has 1 amide bonds. The van der Waals surface area contributed by atoms with E-state index in [-0.39, 0.29) is 17.2 Å². The summed E-state index contributed by atoms with van der Waals surface area (Å²) in [7, 11) is 0. The molecule has 0 aliphatic carbocycles. The van der Waals surface area contributed by atoms with Gasteiger partial charge in [0.05, 0.1) is 5.56 Å². The molecule has 0 saturated heterocycles. The number of aryl methyl sites for hydroxylation is 1. The van der Waals surface area contributed by atoms with Crippen molar-refractivity contribution in [1.29, 1.82) is 0 Å². The van der Waals surface area contributed by atoms with Crippen LogP contribution in [0.1, 0.15) is 22.8 Å². The molecule has 0 radical (unpaired) electrons. The topological polar surface area (TPSA) is 66.4 Å². The number of aldehydes is 1. The van der Waals surface area contributed by atoms with Crippen molar-refractivity contribution in [2.45, 2.75) is 13.8 Å². The summed E-state index contributed by atoms with van der Waals surface area (Å²) >= 11 is 0. The molecular weight excluding hydrogens is 254 g/mol. The van der Waals surface area contributed by atoms with E-state index >= 15 is 0 Å². The highest BCUT2D eigenvalue weighted by Gasteiger charge is 2.07. The van der Waals surface area contributed by atoms with Crippen LogP contribution >= 0.6 is 0 Å². The van der Waals surface area contributed by atoms with Crippen LogP contribution in [0.5, 0.6) is 5.75 Å². The molecule has 0 fully saturated rings. The molecular formula is C16H15NO3. The molecule has 102 valence electrons. The fraction of sp³-hybridized carbons (Fsp3) is 0.125. The van der Waals surface area contributed by atoms with Crippen molar-refractivity contribution in [3.05, 3.63) is 47.5 Å². The predicted octanol–water partition coefficient (Wildman–Crippen LogP) is 3.14. The largest absolute Gasteiger partial charge is 0.507 e. The lowest BCUT2D eigenvalue weighted by atomic mass is 9.98. The van der Waals surface area contributed by atoms with Gasteiger partial charge in [-0.3, -0.25) is 9.59 Å². The second kappa shape index (κ2) is 5.57. The fourth-order valence-corrected chi connectivity index (χ4v) is 2.09. The summed E-state index contributed by atoms with van der Waals surface area (Å²) in [5.41, 5.74) is 3.75. The van der Waals surface area contributed by atoms with Crippen LogP contribution in [0.3, 0.4) is 0 Å². The Hall–Kier alpha value is -2.62. The zero-order chi connectivity index (χ0) is 14.7. The minimum atomic E-state index is -0.120. The van der Waals surface area contributed by atoms with Crippen molar-refractivity contribution >= 4 is 17.9 Å². The summed E-state index contributed by atoms with van der Waals surface area (Å²) < 4.78 is 0. The van der Waals surface area contributed by atoms with E-state index in [0.29, 0.717) is 6.29 Å². The average molecular weight is 269 g/mol. The van der Waals surface area contributed by atoms with Crippen LogP contribution in [0.4, 0.5) is 5.69 Å². The minimum absolute atomic E-state index is 0.0312. The van der Waals surface area contributed by atoms with Crippen LogP contribution in [0.25, 0.3) is 11.1 Å². The molecule has 4 nitrogen and oxygen atoms in total. The number of aromatic hydroxyl groups is 1. The average Bonchev–Trinajstić information content (AvgIpc) is 2.39. The second-order valence-corrected chi connectivity index (χ2v) is 4.60. The smallest absolute Gasteiger partial charge is 0.221 e. The summed E-state index contributed by atoms with van der Waals surface area (Å²) in [4.78, 5) is 21.9. The highest BCUT2D eigenvalue weighted by Crippen LogP contribution is 2.29. The van der Waals surface area contributed by atoms with Crippen molar-refractivity contribution in [2.24, 2.45) is 0 Å². The van der Waals surface area contributed by atoms with E-state index in [4.69, 9.17) is 0 Å². The lowest BCUT2D eigenvalue weighted by Crippen LogP contribution is -2.05. The van der Waals surface area contributed by atoms with Crippen LogP contribution in [0.15, 0.2) is 36.4 Å². The maximum absolute atomic E-state index is 11.0. The Morgan fingerprint density at radius 1 is 1.20 bits per heavy atom. The number of benzene rings is 2. The second-order valence-electron chi connectivity index (χ2n) is 4.60. The van der Waals surface area contributed by atoms with Gasteiger partial charge in [-0.1, -0.05) is 12.1 Å². The standard InChI is InChI=1S/C16H15NO3/c1-10-7-14(17-11(2)19)4-5-15(10)12-3-6-16(20)13(8-12)9-18/h3-9,20H,1-2H3,(H,17,19). The van der Waals surface area contributed by atoms with Crippen LogP contribution in [-0.2, 0) is 4.79 Å². The molecule has 0 aliphatic heterocycles. The van der Waals surface area contributed by atoms with Gasteiger partial charge in [-0.25, -0.2) is 0 Å². The van der Waals surface area contributed by atoms with E-state index in [1.54, 1.807) is 18.2 Å². The molecule has 20 heavy (non-hydrogen) atoms. The Kier molecular flexibility index (Phi) is 3.84. The Labute approximate surface area is 117 Å². The summed E-state index contributed by atoms with van der Waals surface area (Å²) in [6.07, 6.45) is 0.625. The van der Waals surface area contributed by atoms with Gasteiger partial charge >= 0.3 is 0 Å². The Balaban J connectivity index is 2.43. The van der Waals surface area contributed by atoms with E-state index in [1.807, 2.05) is 19.1 Å². The van der Waals surface area contributed by atoms with Gasteiger partial charge in [-0.2, -0.15) is 0 Å². The van der Waals surface area contributed by atoms with Crippen LogP contribution < -0.4 is 5.32 Å². The van der Waals surface area contributed by atoms with Crippen molar-refractivity contribution in [3.63, 3.8) is 0 Å². The Morgan fingerprint density at radius 3 is 2.55 bits per heavy atom. The number of amides is 1. The van der Waals surface area contributed by atoms with E-state index in [2.05, 4.69) is 5.32 Å². The molecule has 2 N–H and O–H groups in total. The molecule has 4 heteroatoms. The Morgan fingerprint density at radius 2 is 1.95 bits per heavy atom. The van der Waals surface area contributed by atoms with E-state index in [9.17, 15) is 14.7 Å². The third kappa shape index (κ3) is 2.85. The van der Waals surface area contributed by atoms with Gasteiger partial charge < -0.3 is 10.4 Å². The number of phenols is 1. The number of rotatable bonds is 3. The number of nitrogens with one attached hydrogen (secondary N) is 1. The first-order chi connectivity index (χ1) is 9.51. The van der Waals surface area contributed by atoms with Gasteiger partial charge in [0.2, 0.25) is 5.91 Å². The molecule has 0 saturated carbocycles. The summed E-state index contributed by atoms with van der Waals surface area (Å²) in [6.45, 7) is 3.38. The highest BCUT2D eigenvalue weighted by molar-refractivity contribution is 5.89. The number of carbonyl (C=O) groups is 2. The first-order valence-corrected chi connectivity index (χ1v) is 6.18. The van der Waals surface area contributed by atoms with Gasteiger partial charge in [-0.05, 0) is 47.9 Å². The molecule has 0 bridgehead atoms. The summed E-state index contributed by atoms with van der Waals surface area (Å²) in [5.74, 6) is -0.152. The van der Waals surface area contributed by atoms with E-state index in [0.717, 1.165) is 22.4 Å². The van der Waals surface area contributed by atoms with Crippen molar-refractivity contribution in [3.8, 4) is 16.9 Å². The van der Waals surface area contributed by atoms with Gasteiger partial charge in [-0.15, -0.1) is 0 Å². The maximum atomic E-state index is 11.0. The van der Waals surface area contributed by atoms with E-state index < -0.39 is 0 Å². The fourth-order valence-electron chi connectivity index (χ4n) is 2.09. The number of hydrogen-bond acceptors (Lipinski definition) is 3. The van der Waals surface area contributed by atoms with Crippen LogP contribution in [-0.4, -0.2) is 17.3 Å². The number of hydrogen-bond donors (Lipinski definition) is 2. The molecule has 0 heterocycles.